The number of hydrogen-bond acceptors (Lipinski definition) is 5. The molecule has 0 aliphatic rings. The molecular weight excluding hydrogens is 511 g/mol. The number of halogens is 3. The third kappa shape index (κ3) is 5.96. The number of carbonyl (C=O) groups excluding carboxylic acids is 1. The van der Waals surface area contributed by atoms with Crippen molar-refractivity contribution < 1.29 is 27.4 Å². The van der Waals surface area contributed by atoms with E-state index in [1.807, 2.05) is 0 Å². The molecule has 204 valence electrons. The van der Waals surface area contributed by atoms with E-state index in [1.54, 1.807) is 55.5 Å². The minimum absolute atomic E-state index is 0.0893. The zero-order valence-corrected chi connectivity index (χ0v) is 21.7. The molecule has 0 aliphatic carbocycles. The van der Waals surface area contributed by atoms with Crippen LogP contribution in [-0.2, 0) is 10.9 Å². The zero-order chi connectivity index (χ0) is 28.2. The Bertz CT molecular complexity index is 1500. The molecule has 0 saturated heterocycles. The average Bonchev–Trinajstić information content (AvgIpc) is 2.94. The molecule has 0 saturated carbocycles. The summed E-state index contributed by atoms with van der Waals surface area (Å²) >= 11 is 0. The lowest BCUT2D eigenvalue weighted by atomic mass is 10.1. The van der Waals surface area contributed by atoms with Crippen molar-refractivity contribution in [1.82, 2.24) is 14.5 Å². The van der Waals surface area contributed by atoms with Gasteiger partial charge in [-0.3, -0.25) is 14.2 Å². The van der Waals surface area contributed by atoms with Gasteiger partial charge in [-0.2, -0.15) is 13.2 Å². The molecule has 4 aromatic rings. The van der Waals surface area contributed by atoms with Gasteiger partial charge in [0, 0.05) is 25.8 Å². The van der Waals surface area contributed by atoms with Gasteiger partial charge in [-0.25, -0.2) is 4.98 Å². The number of amides is 1. The summed E-state index contributed by atoms with van der Waals surface area (Å²) in [6.45, 7) is 2.32. The number of nitrogens with zero attached hydrogens (tertiary/aromatic N) is 3. The molecule has 1 unspecified atom stereocenters. The van der Waals surface area contributed by atoms with Gasteiger partial charge in [-0.05, 0) is 74.0 Å². The van der Waals surface area contributed by atoms with Crippen LogP contribution in [-0.4, -0.2) is 47.7 Å². The maximum absolute atomic E-state index is 13.7. The van der Waals surface area contributed by atoms with Gasteiger partial charge in [0.1, 0.15) is 11.6 Å². The predicted molar refractivity (Wildman–Crippen MR) is 141 cm³/mol. The topological polar surface area (TPSA) is 73.7 Å². The number of alkyl halides is 3. The van der Waals surface area contributed by atoms with Gasteiger partial charge >= 0.3 is 6.18 Å². The Morgan fingerprint density at radius 1 is 1.00 bits per heavy atom. The minimum Gasteiger partial charge on any atom is -0.497 e. The van der Waals surface area contributed by atoms with E-state index < -0.39 is 23.7 Å². The second-order valence-electron chi connectivity index (χ2n) is 8.92. The highest BCUT2D eigenvalue weighted by Crippen LogP contribution is 2.30. The smallest absolute Gasteiger partial charge is 0.416 e. The van der Waals surface area contributed by atoms with Crippen molar-refractivity contribution in [3.05, 3.63) is 100 Å². The number of hydrogen-bond donors (Lipinski definition) is 0. The Morgan fingerprint density at radius 2 is 1.67 bits per heavy atom. The third-order valence-corrected chi connectivity index (χ3v) is 6.44. The molecule has 39 heavy (non-hydrogen) atoms. The van der Waals surface area contributed by atoms with Crippen LogP contribution in [0.3, 0.4) is 0 Å². The zero-order valence-electron chi connectivity index (χ0n) is 21.7. The van der Waals surface area contributed by atoms with Gasteiger partial charge in [0.15, 0.2) is 0 Å². The first kappa shape index (κ1) is 27.8. The molecule has 3 aromatic carbocycles. The fourth-order valence-electron chi connectivity index (χ4n) is 4.37. The third-order valence-electron chi connectivity index (χ3n) is 6.44. The summed E-state index contributed by atoms with van der Waals surface area (Å²) in [5.74, 6) is 0.423. The Labute approximate surface area is 223 Å². The SMILES string of the molecule is COCCCN(C(=O)c1ccc(C(F)(F)F)cc1)C(C)c1nc2ccccc2c(=O)n1-c1ccc(OC)cc1. The quantitative estimate of drug-likeness (QED) is 0.257. The number of para-hydroxylation sites is 1. The van der Waals surface area contributed by atoms with Gasteiger partial charge < -0.3 is 14.4 Å². The van der Waals surface area contributed by atoms with Gasteiger partial charge in [0.25, 0.3) is 11.5 Å². The first-order valence-electron chi connectivity index (χ1n) is 12.3. The fraction of sp³-hybridized carbons (Fsp3) is 0.276. The van der Waals surface area contributed by atoms with E-state index in [9.17, 15) is 22.8 Å². The lowest BCUT2D eigenvalue weighted by Crippen LogP contribution is -2.38. The Hall–Kier alpha value is -4.18. The summed E-state index contributed by atoms with van der Waals surface area (Å²) in [5.41, 5.74) is -0.0759. The monoisotopic (exact) mass is 539 g/mol. The van der Waals surface area contributed by atoms with E-state index in [0.29, 0.717) is 41.2 Å². The largest absolute Gasteiger partial charge is 0.497 e. The maximum Gasteiger partial charge on any atom is 0.416 e. The highest BCUT2D eigenvalue weighted by molar-refractivity contribution is 5.94. The molecule has 0 bridgehead atoms. The van der Waals surface area contributed by atoms with Crippen molar-refractivity contribution in [2.24, 2.45) is 0 Å². The summed E-state index contributed by atoms with van der Waals surface area (Å²) in [6.07, 6.45) is -4.05. The van der Waals surface area contributed by atoms with Gasteiger partial charge in [0.2, 0.25) is 0 Å². The molecule has 4 rings (SSSR count). The van der Waals surface area contributed by atoms with Crippen molar-refractivity contribution in [2.75, 3.05) is 27.4 Å². The van der Waals surface area contributed by atoms with E-state index in [4.69, 9.17) is 14.5 Å². The summed E-state index contributed by atoms with van der Waals surface area (Å²) in [7, 11) is 3.08. The molecule has 1 atom stereocenters. The van der Waals surface area contributed by atoms with Crippen molar-refractivity contribution in [1.29, 1.82) is 0 Å². The van der Waals surface area contributed by atoms with Crippen molar-refractivity contribution >= 4 is 16.8 Å². The molecule has 0 radical (unpaired) electrons. The first-order chi connectivity index (χ1) is 18.7. The van der Waals surface area contributed by atoms with Crippen molar-refractivity contribution in [2.45, 2.75) is 25.6 Å². The lowest BCUT2D eigenvalue weighted by molar-refractivity contribution is -0.137. The Balaban J connectivity index is 1.83. The second-order valence-corrected chi connectivity index (χ2v) is 8.92. The molecule has 1 amide bonds. The number of benzene rings is 3. The van der Waals surface area contributed by atoms with Crippen LogP contribution in [0.2, 0.25) is 0 Å². The van der Waals surface area contributed by atoms with Crippen molar-refractivity contribution in [3.63, 3.8) is 0 Å². The van der Waals surface area contributed by atoms with Gasteiger partial charge in [0.05, 0.1) is 35.3 Å². The molecule has 0 aliphatic heterocycles. The highest BCUT2D eigenvalue weighted by Gasteiger charge is 2.31. The summed E-state index contributed by atoms with van der Waals surface area (Å²) < 4.78 is 51.2. The predicted octanol–water partition coefficient (Wildman–Crippen LogP) is 5.65. The van der Waals surface area contributed by atoms with E-state index in [-0.39, 0.29) is 17.7 Å². The Morgan fingerprint density at radius 3 is 2.28 bits per heavy atom. The van der Waals surface area contributed by atoms with Crippen LogP contribution in [0.5, 0.6) is 5.75 Å². The van der Waals surface area contributed by atoms with Gasteiger partial charge in [-0.15, -0.1) is 0 Å². The fourth-order valence-corrected chi connectivity index (χ4v) is 4.37. The van der Waals surface area contributed by atoms with E-state index in [2.05, 4.69) is 0 Å². The molecule has 0 spiro atoms. The van der Waals surface area contributed by atoms with Crippen LogP contribution >= 0.6 is 0 Å². The number of methoxy groups -OCH3 is 2. The number of aromatic nitrogens is 2. The van der Waals surface area contributed by atoms with E-state index in [1.165, 1.54) is 23.7 Å². The van der Waals surface area contributed by atoms with Crippen LogP contribution in [0.1, 0.15) is 41.1 Å². The van der Waals surface area contributed by atoms with Crippen LogP contribution < -0.4 is 10.3 Å². The van der Waals surface area contributed by atoms with Crippen LogP contribution in [0.4, 0.5) is 13.2 Å². The summed E-state index contributed by atoms with van der Waals surface area (Å²) in [4.78, 5) is 33.7. The van der Waals surface area contributed by atoms with E-state index >= 15 is 0 Å². The molecule has 0 N–H and O–H groups in total. The maximum atomic E-state index is 13.7. The van der Waals surface area contributed by atoms with Crippen LogP contribution in [0.25, 0.3) is 16.6 Å². The number of carbonyl (C=O) groups is 1. The minimum atomic E-state index is -4.52. The normalized spacial score (nSPS) is 12.4. The van der Waals surface area contributed by atoms with Crippen molar-refractivity contribution in [3.8, 4) is 11.4 Å². The lowest BCUT2D eigenvalue weighted by Gasteiger charge is -2.31. The molecule has 7 nitrogen and oxygen atoms in total. The molecule has 1 aromatic heterocycles. The number of rotatable bonds is 9. The van der Waals surface area contributed by atoms with Gasteiger partial charge in [-0.1, -0.05) is 12.1 Å². The molecule has 10 heteroatoms. The summed E-state index contributed by atoms with van der Waals surface area (Å²) in [5, 5.41) is 0.407. The first-order valence-corrected chi connectivity index (χ1v) is 12.3. The van der Waals surface area contributed by atoms with Crippen LogP contribution in [0.15, 0.2) is 77.6 Å². The van der Waals surface area contributed by atoms with Crippen LogP contribution in [0, 0.1) is 0 Å². The number of ether oxygens (including phenoxy) is 2. The second kappa shape index (κ2) is 11.7. The van der Waals surface area contributed by atoms with E-state index in [0.717, 1.165) is 24.3 Å². The number of fused-ring (bicyclic) bond motifs is 1. The molecular formula is C29H28F3N3O4. The molecule has 1 heterocycles. The summed E-state index contributed by atoms with van der Waals surface area (Å²) in [6, 6.07) is 17.2. The Kier molecular flexibility index (Phi) is 8.35. The average molecular weight is 540 g/mol. The molecule has 0 fully saturated rings. The highest BCUT2D eigenvalue weighted by atomic mass is 19.4. The standard InChI is InChI=1S/C29H28F3N3O4/c1-19(34(17-6-18-38-2)27(36)20-9-11-21(12-10-20)29(30,31)32)26-33-25-8-5-4-7-24(25)28(37)35(26)22-13-15-23(39-3)16-14-22/h4-5,7-16,19H,6,17-18H2,1-3H3.